The lowest BCUT2D eigenvalue weighted by Crippen LogP contribution is -2.09. The second-order valence-electron chi connectivity index (χ2n) is 4.53. The van der Waals surface area contributed by atoms with Crippen LogP contribution in [0.2, 0.25) is 0 Å². The number of rotatable bonds is 3. The number of nitrogens with zero attached hydrogens (tertiary/aromatic N) is 2. The van der Waals surface area contributed by atoms with Gasteiger partial charge in [-0.2, -0.15) is 18.4 Å². The van der Waals surface area contributed by atoms with E-state index in [1.165, 1.54) is 18.3 Å². The summed E-state index contributed by atoms with van der Waals surface area (Å²) in [6, 6.07) is 10.0. The van der Waals surface area contributed by atoms with Gasteiger partial charge in [0.25, 0.3) is 0 Å². The van der Waals surface area contributed by atoms with Gasteiger partial charge in [-0.25, -0.2) is 4.98 Å². The summed E-state index contributed by atoms with van der Waals surface area (Å²) in [7, 11) is 0. The molecule has 0 saturated carbocycles. The molecule has 0 bridgehead atoms. The van der Waals surface area contributed by atoms with E-state index in [4.69, 9.17) is 5.26 Å². The van der Waals surface area contributed by atoms with Crippen LogP contribution in [0.5, 0.6) is 0 Å². The molecule has 1 heterocycles. The quantitative estimate of drug-likeness (QED) is 0.924. The Morgan fingerprint density at radius 2 is 1.81 bits per heavy atom. The van der Waals surface area contributed by atoms with Crippen LogP contribution in [0.3, 0.4) is 0 Å². The maximum atomic E-state index is 12.5. The van der Waals surface area contributed by atoms with Crippen LogP contribution in [-0.4, -0.2) is 4.98 Å². The van der Waals surface area contributed by atoms with Crippen molar-refractivity contribution in [1.29, 1.82) is 5.26 Å². The number of hydrogen-bond acceptors (Lipinski definition) is 3. The van der Waals surface area contributed by atoms with Gasteiger partial charge in [0.2, 0.25) is 0 Å². The summed E-state index contributed by atoms with van der Waals surface area (Å²) in [6.07, 6.45) is -2.90. The molecule has 21 heavy (non-hydrogen) atoms. The zero-order valence-corrected chi connectivity index (χ0v) is 11.1. The summed E-state index contributed by atoms with van der Waals surface area (Å²) >= 11 is 0. The number of nitriles is 1. The van der Waals surface area contributed by atoms with E-state index >= 15 is 0 Å². The standard InChI is InChI=1S/C15H12F3N3/c1-10(21-14-7-2-11(8-19)9-20-14)12-3-5-13(6-4-12)15(16,17)18/h2-7,9-10H,1H3,(H,20,21)/t10-/m1/s1. The lowest BCUT2D eigenvalue weighted by molar-refractivity contribution is -0.137. The highest BCUT2D eigenvalue weighted by atomic mass is 19.4. The average molecular weight is 291 g/mol. The van der Waals surface area contributed by atoms with Crippen LogP contribution in [0.25, 0.3) is 0 Å². The fraction of sp³-hybridized carbons (Fsp3) is 0.200. The molecule has 2 aromatic rings. The Bertz CT molecular complexity index is 640. The first-order chi connectivity index (χ1) is 9.90. The van der Waals surface area contributed by atoms with E-state index < -0.39 is 11.7 Å². The lowest BCUT2D eigenvalue weighted by Gasteiger charge is -2.16. The van der Waals surface area contributed by atoms with E-state index in [-0.39, 0.29) is 6.04 Å². The molecule has 0 amide bonds. The second-order valence-corrected chi connectivity index (χ2v) is 4.53. The number of hydrogen-bond donors (Lipinski definition) is 1. The van der Waals surface area contributed by atoms with E-state index in [1.54, 1.807) is 12.1 Å². The first kappa shape index (κ1) is 14.9. The summed E-state index contributed by atoms with van der Waals surface area (Å²) in [5.74, 6) is 0.557. The van der Waals surface area contributed by atoms with E-state index in [9.17, 15) is 13.2 Å². The van der Waals surface area contributed by atoms with Crippen molar-refractivity contribution in [3.05, 3.63) is 59.3 Å². The summed E-state index contributed by atoms with van der Waals surface area (Å²) in [5.41, 5.74) is 0.492. The van der Waals surface area contributed by atoms with Gasteiger partial charge >= 0.3 is 6.18 Å². The van der Waals surface area contributed by atoms with Gasteiger partial charge < -0.3 is 5.32 Å². The number of benzene rings is 1. The molecule has 1 N–H and O–H groups in total. The van der Waals surface area contributed by atoms with Gasteiger partial charge in [-0.15, -0.1) is 0 Å². The molecule has 0 aliphatic heterocycles. The first-order valence-electron chi connectivity index (χ1n) is 6.20. The fourth-order valence-electron chi connectivity index (χ4n) is 1.81. The Labute approximate surface area is 120 Å². The number of pyridine rings is 1. The highest BCUT2D eigenvalue weighted by Gasteiger charge is 2.30. The number of halogens is 3. The first-order valence-corrected chi connectivity index (χ1v) is 6.20. The smallest absolute Gasteiger partial charge is 0.364 e. The molecular weight excluding hydrogens is 279 g/mol. The van der Waals surface area contributed by atoms with Crippen LogP contribution in [0, 0.1) is 11.3 Å². The minimum Gasteiger partial charge on any atom is -0.364 e. The van der Waals surface area contributed by atoms with Gasteiger partial charge in [-0.1, -0.05) is 12.1 Å². The Morgan fingerprint density at radius 3 is 2.29 bits per heavy atom. The van der Waals surface area contributed by atoms with Crippen molar-refractivity contribution in [2.75, 3.05) is 5.32 Å². The largest absolute Gasteiger partial charge is 0.416 e. The Hall–Kier alpha value is -2.55. The van der Waals surface area contributed by atoms with Crippen LogP contribution < -0.4 is 5.32 Å². The molecule has 0 radical (unpaired) electrons. The highest BCUT2D eigenvalue weighted by Crippen LogP contribution is 2.30. The third-order valence-corrected chi connectivity index (χ3v) is 2.99. The van der Waals surface area contributed by atoms with Crippen molar-refractivity contribution in [3.8, 4) is 6.07 Å². The molecule has 0 unspecified atom stereocenters. The Kier molecular flexibility index (Phi) is 4.13. The molecule has 1 atom stereocenters. The predicted molar refractivity (Wildman–Crippen MR) is 72.4 cm³/mol. The topological polar surface area (TPSA) is 48.7 Å². The van der Waals surface area contributed by atoms with Gasteiger partial charge in [0.15, 0.2) is 0 Å². The van der Waals surface area contributed by atoms with Crippen LogP contribution in [0.4, 0.5) is 19.0 Å². The molecule has 1 aromatic heterocycles. The van der Waals surface area contributed by atoms with E-state index in [0.717, 1.165) is 12.1 Å². The molecule has 1 aromatic carbocycles. The van der Waals surface area contributed by atoms with Crippen LogP contribution in [0.1, 0.15) is 29.7 Å². The van der Waals surface area contributed by atoms with Crippen molar-refractivity contribution in [2.45, 2.75) is 19.1 Å². The van der Waals surface area contributed by atoms with Gasteiger partial charge in [0.05, 0.1) is 11.1 Å². The monoisotopic (exact) mass is 291 g/mol. The molecule has 6 heteroatoms. The van der Waals surface area contributed by atoms with Gasteiger partial charge in [-0.05, 0) is 36.8 Å². The minimum atomic E-state index is -4.33. The van der Waals surface area contributed by atoms with Crippen molar-refractivity contribution < 1.29 is 13.2 Å². The molecule has 0 spiro atoms. The van der Waals surface area contributed by atoms with Gasteiger partial charge in [-0.3, -0.25) is 0 Å². The van der Waals surface area contributed by atoms with Crippen LogP contribution in [0.15, 0.2) is 42.6 Å². The van der Waals surface area contributed by atoms with Crippen molar-refractivity contribution in [2.24, 2.45) is 0 Å². The average Bonchev–Trinajstić information content (AvgIpc) is 2.47. The maximum Gasteiger partial charge on any atom is 0.416 e. The molecule has 108 valence electrons. The fourth-order valence-corrected chi connectivity index (χ4v) is 1.81. The Morgan fingerprint density at radius 1 is 1.14 bits per heavy atom. The van der Waals surface area contributed by atoms with Gasteiger partial charge in [0, 0.05) is 12.2 Å². The van der Waals surface area contributed by atoms with Crippen LogP contribution in [-0.2, 0) is 6.18 Å². The van der Waals surface area contributed by atoms with Gasteiger partial charge in [0.1, 0.15) is 11.9 Å². The molecular formula is C15H12F3N3. The number of alkyl halides is 3. The molecule has 2 rings (SSSR count). The lowest BCUT2D eigenvalue weighted by atomic mass is 10.1. The van der Waals surface area contributed by atoms with E-state index in [2.05, 4.69) is 10.3 Å². The predicted octanol–water partition coefficient (Wildman–Crippen LogP) is 4.15. The zero-order valence-electron chi connectivity index (χ0n) is 11.1. The zero-order chi connectivity index (χ0) is 15.5. The third-order valence-electron chi connectivity index (χ3n) is 2.99. The highest BCUT2D eigenvalue weighted by molar-refractivity contribution is 5.41. The van der Waals surface area contributed by atoms with Crippen molar-refractivity contribution in [3.63, 3.8) is 0 Å². The maximum absolute atomic E-state index is 12.5. The van der Waals surface area contributed by atoms with Crippen LogP contribution >= 0.6 is 0 Å². The molecule has 0 aliphatic carbocycles. The van der Waals surface area contributed by atoms with Crippen molar-refractivity contribution in [1.82, 2.24) is 4.98 Å². The molecule has 0 fully saturated rings. The summed E-state index contributed by atoms with van der Waals surface area (Å²) in [6.45, 7) is 1.82. The SMILES string of the molecule is C[C@@H](Nc1ccc(C#N)cn1)c1ccc(C(F)(F)F)cc1. The third kappa shape index (κ3) is 3.72. The number of anilines is 1. The summed E-state index contributed by atoms with van der Waals surface area (Å²) in [5, 5.41) is 11.7. The molecule has 3 nitrogen and oxygen atoms in total. The Balaban J connectivity index is 2.09. The van der Waals surface area contributed by atoms with Crippen molar-refractivity contribution >= 4 is 5.82 Å². The second kappa shape index (κ2) is 5.83. The number of nitrogens with one attached hydrogen (secondary N) is 1. The van der Waals surface area contributed by atoms with E-state index in [1.807, 2.05) is 13.0 Å². The summed E-state index contributed by atoms with van der Waals surface area (Å²) in [4.78, 5) is 4.06. The molecule has 0 aliphatic rings. The minimum absolute atomic E-state index is 0.201. The number of aromatic nitrogens is 1. The molecule has 0 saturated heterocycles. The summed E-state index contributed by atoms with van der Waals surface area (Å²) < 4.78 is 37.5. The van der Waals surface area contributed by atoms with E-state index in [0.29, 0.717) is 16.9 Å². The normalized spacial score (nSPS) is 12.5.